The summed E-state index contributed by atoms with van der Waals surface area (Å²) in [6.45, 7) is 1.83. The highest BCUT2D eigenvalue weighted by molar-refractivity contribution is 7.08. The van der Waals surface area contributed by atoms with Crippen molar-refractivity contribution in [3.05, 3.63) is 52.2 Å². The fourth-order valence-electron chi connectivity index (χ4n) is 1.85. The molecule has 2 aromatic rings. The Morgan fingerprint density at radius 1 is 1.26 bits per heavy atom. The van der Waals surface area contributed by atoms with Crippen LogP contribution in [-0.2, 0) is 6.42 Å². The topological polar surface area (TPSA) is 32.3 Å². The number of anilines is 1. The lowest BCUT2D eigenvalue weighted by Gasteiger charge is -2.20. The van der Waals surface area contributed by atoms with Gasteiger partial charge in [0.15, 0.2) is 0 Å². The van der Waals surface area contributed by atoms with Gasteiger partial charge in [0.25, 0.3) is 0 Å². The molecule has 0 aliphatic heterocycles. The lowest BCUT2D eigenvalue weighted by Crippen LogP contribution is -2.32. The fourth-order valence-corrected chi connectivity index (χ4v) is 2.45. The molecule has 2 atom stereocenters. The van der Waals surface area contributed by atoms with Crippen LogP contribution in [0.5, 0.6) is 0 Å². The number of halogens is 2. The molecule has 19 heavy (non-hydrogen) atoms. The first kappa shape index (κ1) is 14.0. The van der Waals surface area contributed by atoms with Crippen molar-refractivity contribution in [2.24, 2.45) is 0 Å². The maximum Gasteiger partial charge on any atom is 0.126 e. The SMILES string of the molecule is CC(Nc1ccsc1)C(O)Cc1cc(F)cc(F)c1. The van der Waals surface area contributed by atoms with Crippen LogP contribution in [0.1, 0.15) is 12.5 Å². The summed E-state index contributed by atoms with van der Waals surface area (Å²) in [6, 6.07) is 5.01. The molecule has 2 rings (SSSR count). The van der Waals surface area contributed by atoms with E-state index in [4.69, 9.17) is 0 Å². The van der Waals surface area contributed by atoms with E-state index < -0.39 is 17.7 Å². The van der Waals surface area contributed by atoms with Gasteiger partial charge < -0.3 is 10.4 Å². The number of thiophene rings is 1. The molecule has 2 unspecified atom stereocenters. The molecule has 0 amide bonds. The second-order valence-electron chi connectivity index (χ2n) is 4.49. The van der Waals surface area contributed by atoms with Crippen molar-refractivity contribution in [3.63, 3.8) is 0 Å². The number of aliphatic hydroxyl groups is 1. The molecule has 2 N–H and O–H groups in total. The summed E-state index contributed by atoms with van der Waals surface area (Å²) in [7, 11) is 0. The number of hydrogen-bond donors (Lipinski definition) is 2. The number of benzene rings is 1. The van der Waals surface area contributed by atoms with Crippen molar-refractivity contribution < 1.29 is 13.9 Å². The molecule has 0 aliphatic carbocycles. The highest BCUT2D eigenvalue weighted by Crippen LogP contribution is 2.16. The van der Waals surface area contributed by atoms with Gasteiger partial charge >= 0.3 is 0 Å². The number of hydrogen-bond acceptors (Lipinski definition) is 3. The molecule has 102 valence electrons. The molecule has 1 aromatic heterocycles. The van der Waals surface area contributed by atoms with Crippen LogP contribution in [0.15, 0.2) is 35.0 Å². The Kier molecular flexibility index (Phi) is 4.50. The van der Waals surface area contributed by atoms with Crippen LogP contribution in [0, 0.1) is 11.6 Å². The van der Waals surface area contributed by atoms with Gasteiger partial charge in [-0.25, -0.2) is 8.78 Å². The van der Waals surface area contributed by atoms with Crippen LogP contribution < -0.4 is 5.32 Å². The third kappa shape index (κ3) is 4.01. The van der Waals surface area contributed by atoms with Crippen molar-refractivity contribution in [1.82, 2.24) is 0 Å². The monoisotopic (exact) mass is 283 g/mol. The van der Waals surface area contributed by atoms with Crippen molar-refractivity contribution in [2.75, 3.05) is 5.32 Å². The van der Waals surface area contributed by atoms with Crippen molar-refractivity contribution in [3.8, 4) is 0 Å². The summed E-state index contributed by atoms with van der Waals surface area (Å²) in [4.78, 5) is 0. The van der Waals surface area contributed by atoms with Crippen molar-refractivity contribution in [1.29, 1.82) is 0 Å². The van der Waals surface area contributed by atoms with E-state index in [1.54, 1.807) is 11.3 Å². The third-order valence-corrected chi connectivity index (χ3v) is 3.54. The van der Waals surface area contributed by atoms with E-state index in [1.807, 2.05) is 23.8 Å². The summed E-state index contributed by atoms with van der Waals surface area (Å²) in [5.74, 6) is -1.25. The highest BCUT2D eigenvalue weighted by atomic mass is 32.1. The van der Waals surface area contributed by atoms with E-state index >= 15 is 0 Å². The first-order chi connectivity index (χ1) is 9.04. The Labute approximate surface area is 114 Å². The fraction of sp³-hybridized carbons (Fsp3) is 0.286. The average molecular weight is 283 g/mol. The van der Waals surface area contributed by atoms with E-state index in [-0.39, 0.29) is 12.5 Å². The number of aliphatic hydroxyl groups excluding tert-OH is 1. The molecule has 1 aromatic carbocycles. The lowest BCUT2D eigenvalue weighted by molar-refractivity contribution is 0.158. The summed E-state index contributed by atoms with van der Waals surface area (Å²) in [5, 5.41) is 17.1. The minimum absolute atomic E-state index is 0.201. The molecule has 2 nitrogen and oxygen atoms in total. The van der Waals surface area contributed by atoms with Gasteiger partial charge in [-0.2, -0.15) is 11.3 Å². The average Bonchev–Trinajstić information content (AvgIpc) is 2.80. The van der Waals surface area contributed by atoms with Crippen LogP contribution in [-0.4, -0.2) is 17.3 Å². The summed E-state index contributed by atoms with van der Waals surface area (Å²) >= 11 is 1.56. The van der Waals surface area contributed by atoms with Gasteiger partial charge in [0, 0.05) is 29.6 Å². The summed E-state index contributed by atoms with van der Waals surface area (Å²) in [6.07, 6.45) is -0.520. The van der Waals surface area contributed by atoms with Crippen molar-refractivity contribution >= 4 is 17.0 Å². The minimum Gasteiger partial charge on any atom is -0.391 e. The summed E-state index contributed by atoms with van der Waals surface area (Å²) < 4.78 is 26.1. The Morgan fingerprint density at radius 2 is 1.95 bits per heavy atom. The van der Waals surface area contributed by atoms with E-state index in [9.17, 15) is 13.9 Å². The molecule has 0 aliphatic rings. The van der Waals surface area contributed by atoms with Crippen LogP contribution in [0.2, 0.25) is 0 Å². The molecular weight excluding hydrogens is 268 g/mol. The Hall–Kier alpha value is -1.46. The predicted molar refractivity (Wildman–Crippen MR) is 73.5 cm³/mol. The normalized spacial score (nSPS) is 14.1. The van der Waals surface area contributed by atoms with Gasteiger partial charge in [-0.1, -0.05) is 0 Å². The van der Waals surface area contributed by atoms with Crippen LogP contribution in [0.3, 0.4) is 0 Å². The van der Waals surface area contributed by atoms with E-state index in [0.29, 0.717) is 5.56 Å². The van der Waals surface area contributed by atoms with Gasteiger partial charge in [-0.3, -0.25) is 0 Å². The smallest absolute Gasteiger partial charge is 0.126 e. The third-order valence-electron chi connectivity index (χ3n) is 2.86. The van der Waals surface area contributed by atoms with E-state index in [2.05, 4.69) is 5.32 Å². The van der Waals surface area contributed by atoms with Gasteiger partial charge in [0.2, 0.25) is 0 Å². The Morgan fingerprint density at radius 3 is 2.53 bits per heavy atom. The molecule has 5 heteroatoms. The molecule has 0 fully saturated rings. The first-order valence-corrected chi connectivity index (χ1v) is 6.90. The zero-order valence-electron chi connectivity index (χ0n) is 10.4. The van der Waals surface area contributed by atoms with Crippen molar-refractivity contribution in [2.45, 2.75) is 25.5 Å². The molecule has 0 spiro atoms. The predicted octanol–water partition coefficient (Wildman–Crippen LogP) is 3.43. The van der Waals surface area contributed by atoms with Crippen LogP contribution in [0.25, 0.3) is 0 Å². The van der Waals surface area contributed by atoms with Gasteiger partial charge in [-0.05, 0) is 36.1 Å². The zero-order chi connectivity index (χ0) is 13.8. The van der Waals surface area contributed by atoms with Gasteiger partial charge in [-0.15, -0.1) is 0 Å². The van der Waals surface area contributed by atoms with Gasteiger partial charge in [0.1, 0.15) is 11.6 Å². The second kappa shape index (κ2) is 6.12. The van der Waals surface area contributed by atoms with E-state index in [1.165, 1.54) is 12.1 Å². The zero-order valence-corrected chi connectivity index (χ0v) is 11.3. The Balaban J connectivity index is 1.97. The molecule has 0 saturated carbocycles. The second-order valence-corrected chi connectivity index (χ2v) is 5.27. The number of nitrogens with one attached hydrogen (secondary N) is 1. The quantitative estimate of drug-likeness (QED) is 0.881. The Bertz CT molecular complexity index is 510. The van der Waals surface area contributed by atoms with Crippen LogP contribution in [0.4, 0.5) is 14.5 Å². The molecule has 0 saturated heterocycles. The molecular formula is C14H15F2NOS. The summed E-state index contributed by atoms with van der Waals surface area (Å²) in [5.41, 5.74) is 1.38. The molecule has 0 radical (unpaired) electrons. The van der Waals surface area contributed by atoms with Gasteiger partial charge in [0.05, 0.1) is 6.10 Å². The maximum atomic E-state index is 13.0. The van der Waals surface area contributed by atoms with E-state index in [0.717, 1.165) is 11.8 Å². The standard InChI is InChI=1S/C14H15F2NOS/c1-9(17-13-2-3-19-8-13)14(18)6-10-4-11(15)7-12(16)5-10/h2-5,7-9,14,17-18H,6H2,1H3. The molecule has 1 heterocycles. The molecule has 0 bridgehead atoms. The number of rotatable bonds is 5. The largest absolute Gasteiger partial charge is 0.391 e. The maximum absolute atomic E-state index is 13.0. The first-order valence-electron chi connectivity index (χ1n) is 5.96. The van der Waals surface area contributed by atoms with Crippen LogP contribution >= 0.6 is 11.3 Å². The lowest BCUT2D eigenvalue weighted by atomic mass is 10.0. The highest BCUT2D eigenvalue weighted by Gasteiger charge is 2.15. The minimum atomic E-state index is -0.721.